The van der Waals surface area contributed by atoms with Crippen molar-refractivity contribution < 1.29 is 0 Å². The van der Waals surface area contributed by atoms with Crippen molar-refractivity contribution >= 4 is 5.57 Å². The van der Waals surface area contributed by atoms with E-state index in [1.165, 1.54) is 5.56 Å². The van der Waals surface area contributed by atoms with Gasteiger partial charge in [0, 0.05) is 4.91 Å². The van der Waals surface area contributed by atoms with Crippen LogP contribution in [-0.4, -0.2) is 0 Å². The Balaban J connectivity index is 2.27. The van der Waals surface area contributed by atoms with Crippen molar-refractivity contribution in [2.24, 2.45) is 5.11 Å². The zero-order valence-electron chi connectivity index (χ0n) is 10.5. The Morgan fingerprint density at radius 1 is 1.05 bits per heavy atom. The van der Waals surface area contributed by atoms with Gasteiger partial charge in [0.2, 0.25) is 0 Å². The Labute approximate surface area is 111 Å². The smallest absolute Gasteiger partial charge is 0.0671 e. The summed E-state index contributed by atoms with van der Waals surface area (Å²) >= 11 is 0. The number of hydrogen-bond acceptors (Lipinski definition) is 1. The van der Waals surface area contributed by atoms with Crippen molar-refractivity contribution in [1.82, 2.24) is 0 Å². The molecule has 0 fully saturated rings. The molecule has 0 amide bonds. The molecule has 1 unspecified atom stereocenters. The molecule has 0 aliphatic heterocycles. The van der Waals surface area contributed by atoms with Crippen LogP contribution in [0.15, 0.2) is 60.2 Å². The Kier molecular flexibility index (Phi) is 2.82. The first-order valence-electron chi connectivity index (χ1n) is 6.22. The molecule has 0 heterocycles. The molecular weight excluding hydrogens is 234 g/mol. The van der Waals surface area contributed by atoms with Crippen LogP contribution in [0.1, 0.15) is 28.3 Å². The van der Waals surface area contributed by atoms with Gasteiger partial charge in [0.15, 0.2) is 0 Å². The summed E-state index contributed by atoms with van der Waals surface area (Å²) in [5.41, 5.74) is 14.2. The van der Waals surface area contributed by atoms with Crippen molar-refractivity contribution in [3.05, 3.63) is 87.8 Å². The van der Waals surface area contributed by atoms with Gasteiger partial charge >= 0.3 is 0 Å². The monoisotopic (exact) mass is 247 g/mol. The minimum atomic E-state index is -0.165. The van der Waals surface area contributed by atoms with Crippen LogP contribution >= 0.6 is 0 Å². The molecule has 3 nitrogen and oxygen atoms in total. The van der Waals surface area contributed by atoms with Gasteiger partial charge in [-0.15, -0.1) is 0 Å². The molecule has 2 aromatic rings. The number of benzene rings is 2. The lowest BCUT2D eigenvalue weighted by Crippen LogP contribution is -1.99. The molecule has 1 atom stereocenters. The summed E-state index contributed by atoms with van der Waals surface area (Å²) in [5.74, 6) is 0. The maximum atomic E-state index is 8.79. The Morgan fingerprint density at radius 2 is 1.74 bits per heavy atom. The first-order valence-corrected chi connectivity index (χ1v) is 6.22. The molecule has 0 bridgehead atoms. The van der Waals surface area contributed by atoms with Gasteiger partial charge in [-0.1, -0.05) is 60.2 Å². The van der Waals surface area contributed by atoms with E-state index in [0.717, 1.165) is 28.7 Å². The highest BCUT2D eigenvalue weighted by atomic mass is 15.1. The number of hydrogen-bond donors (Lipinski definition) is 0. The molecule has 3 heteroatoms. The molecule has 19 heavy (non-hydrogen) atoms. The van der Waals surface area contributed by atoms with Gasteiger partial charge in [0.05, 0.1) is 6.04 Å². The maximum Gasteiger partial charge on any atom is 0.0671 e. The lowest BCUT2D eigenvalue weighted by atomic mass is 9.95. The molecule has 2 aromatic carbocycles. The summed E-state index contributed by atoms with van der Waals surface area (Å²) in [6.07, 6.45) is 0.719. The molecular formula is C16H13N3. The second-order valence-corrected chi connectivity index (χ2v) is 4.65. The van der Waals surface area contributed by atoms with E-state index in [0.29, 0.717) is 0 Å². The number of nitrogens with zero attached hydrogens (tertiary/aromatic N) is 3. The number of azide groups is 1. The third-order valence-corrected chi connectivity index (χ3v) is 3.59. The second-order valence-electron chi connectivity index (χ2n) is 4.65. The third-order valence-electron chi connectivity index (χ3n) is 3.59. The zero-order valence-corrected chi connectivity index (χ0v) is 10.5. The van der Waals surface area contributed by atoms with Gasteiger partial charge in [-0.25, -0.2) is 0 Å². The van der Waals surface area contributed by atoms with Crippen LogP contribution in [0, 0.1) is 0 Å². The fraction of sp³-hybridized carbons (Fsp3) is 0.125. The highest BCUT2D eigenvalue weighted by molar-refractivity contribution is 5.82. The van der Waals surface area contributed by atoms with Crippen molar-refractivity contribution in [2.45, 2.75) is 12.5 Å². The highest BCUT2D eigenvalue weighted by Gasteiger charge is 2.22. The first kappa shape index (κ1) is 11.6. The van der Waals surface area contributed by atoms with Gasteiger partial charge in [0.25, 0.3) is 0 Å². The average molecular weight is 247 g/mol. The van der Waals surface area contributed by atoms with Crippen LogP contribution in [-0.2, 0) is 6.42 Å². The standard InChI is InChI=1S/C16H13N3/c1-11-13-7-3-2-6-12(13)10-16(18-19-17)15-9-5-4-8-14(11)15/h2-9,16H,1,10H2. The Morgan fingerprint density at radius 3 is 2.53 bits per heavy atom. The van der Waals surface area contributed by atoms with Gasteiger partial charge < -0.3 is 0 Å². The van der Waals surface area contributed by atoms with E-state index in [4.69, 9.17) is 5.53 Å². The fourth-order valence-corrected chi connectivity index (χ4v) is 2.68. The summed E-state index contributed by atoms with van der Waals surface area (Å²) < 4.78 is 0. The number of fused-ring (bicyclic) bond motifs is 2. The van der Waals surface area contributed by atoms with E-state index in [2.05, 4.69) is 28.7 Å². The van der Waals surface area contributed by atoms with E-state index in [1.807, 2.05) is 36.4 Å². The van der Waals surface area contributed by atoms with Gasteiger partial charge in [-0.2, -0.15) is 0 Å². The largest absolute Gasteiger partial charge is 0.0905 e. The average Bonchev–Trinajstić information content (AvgIpc) is 2.57. The predicted octanol–water partition coefficient (Wildman–Crippen LogP) is 4.66. The van der Waals surface area contributed by atoms with Gasteiger partial charge in [-0.3, -0.25) is 0 Å². The molecule has 1 aliphatic rings. The highest BCUT2D eigenvalue weighted by Crippen LogP contribution is 2.38. The molecule has 0 saturated carbocycles. The molecule has 0 spiro atoms. The minimum absolute atomic E-state index is 0.165. The predicted molar refractivity (Wildman–Crippen MR) is 76.6 cm³/mol. The molecule has 0 aromatic heterocycles. The molecule has 92 valence electrons. The first-order chi connectivity index (χ1) is 9.31. The Hall–Kier alpha value is -2.51. The van der Waals surface area contributed by atoms with Crippen LogP contribution in [0.25, 0.3) is 16.0 Å². The molecule has 3 rings (SSSR count). The Bertz CT molecular complexity index is 697. The minimum Gasteiger partial charge on any atom is -0.0905 e. The van der Waals surface area contributed by atoms with E-state index in [9.17, 15) is 0 Å². The van der Waals surface area contributed by atoms with Crippen LogP contribution in [0.2, 0.25) is 0 Å². The van der Waals surface area contributed by atoms with Gasteiger partial charge in [0.1, 0.15) is 0 Å². The van der Waals surface area contributed by atoms with E-state index in [1.54, 1.807) is 0 Å². The molecule has 1 aliphatic carbocycles. The SMILES string of the molecule is C=C1c2ccccc2CC(N=[N+]=[N-])c2ccccc21. The fourth-order valence-electron chi connectivity index (χ4n) is 2.68. The van der Waals surface area contributed by atoms with Crippen LogP contribution in [0.5, 0.6) is 0 Å². The summed E-state index contributed by atoms with van der Waals surface area (Å²) in [6, 6.07) is 16.0. The van der Waals surface area contributed by atoms with Crippen LogP contribution in [0.4, 0.5) is 0 Å². The third kappa shape index (κ3) is 1.90. The van der Waals surface area contributed by atoms with Gasteiger partial charge in [-0.05, 0) is 39.8 Å². The molecule has 0 saturated heterocycles. The summed E-state index contributed by atoms with van der Waals surface area (Å²) in [5, 5.41) is 3.96. The van der Waals surface area contributed by atoms with Crippen molar-refractivity contribution in [3.8, 4) is 0 Å². The van der Waals surface area contributed by atoms with E-state index >= 15 is 0 Å². The maximum absolute atomic E-state index is 8.79. The van der Waals surface area contributed by atoms with Crippen molar-refractivity contribution in [2.75, 3.05) is 0 Å². The summed E-state index contributed by atoms with van der Waals surface area (Å²) in [6.45, 7) is 4.22. The van der Waals surface area contributed by atoms with Crippen molar-refractivity contribution in [3.63, 3.8) is 0 Å². The van der Waals surface area contributed by atoms with E-state index < -0.39 is 0 Å². The lowest BCUT2D eigenvalue weighted by Gasteiger charge is -2.12. The topological polar surface area (TPSA) is 48.8 Å². The summed E-state index contributed by atoms with van der Waals surface area (Å²) in [4.78, 5) is 2.99. The lowest BCUT2D eigenvalue weighted by molar-refractivity contribution is 0.717. The molecule has 0 radical (unpaired) electrons. The normalized spacial score (nSPS) is 16.8. The van der Waals surface area contributed by atoms with Crippen LogP contribution in [0.3, 0.4) is 0 Å². The van der Waals surface area contributed by atoms with E-state index in [-0.39, 0.29) is 6.04 Å². The zero-order chi connectivity index (χ0) is 13.2. The quantitative estimate of drug-likeness (QED) is 0.400. The second kappa shape index (κ2) is 4.63. The number of rotatable bonds is 1. The molecule has 0 N–H and O–H groups in total. The summed E-state index contributed by atoms with van der Waals surface area (Å²) in [7, 11) is 0. The van der Waals surface area contributed by atoms with Crippen molar-refractivity contribution in [1.29, 1.82) is 0 Å². The van der Waals surface area contributed by atoms with Crippen LogP contribution < -0.4 is 0 Å².